The summed E-state index contributed by atoms with van der Waals surface area (Å²) in [6.07, 6.45) is 4.15. The summed E-state index contributed by atoms with van der Waals surface area (Å²) in [4.78, 5) is 27.8. The maximum Gasteiger partial charge on any atom is 0.243 e. The first-order valence-electron chi connectivity index (χ1n) is 7.37. The monoisotopic (exact) mass is 267 g/mol. The molecule has 2 heterocycles. The fourth-order valence-corrected chi connectivity index (χ4v) is 3.06. The third kappa shape index (κ3) is 3.47. The summed E-state index contributed by atoms with van der Waals surface area (Å²) in [6, 6.07) is -0.257. The SMILES string of the molecule is CCC1C(=O)NCC(=O)N1CCC1CCN(C)CC1. The van der Waals surface area contributed by atoms with Crippen molar-refractivity contribution in [1.29, 1.82) is 0 Å². The Morgan fingerprint density at radius 2 is 1.95 bits per heavy atom. The molecule has 2 aliphatic heterocycles. The molecular formula is C14H25N3O2. The lowest BCUT2D eigenvalue weighted by atomic mass is 9.93. The Morgan fingerprint density at radius 1 is 1.26 bits per heavy atom. The summed E-state index contributed by atoms with van der Waals surface area (Å²) in [5.74, 6) is 0.774. The van der Waals surface area contributed by atoms with Crippen LogP contribution in [0.2, 0.25) is 0 Å². The van der Waals surface area contributed by atoms with E-state index in [1.165, 1.54) is 12.8 Å². The van der Waals surface area contributed by atoms with E-state index < -0.39 is 0 Å². The van der Waals surface area contributed by atoms with Crippen LogP contribution in [0.5, 0.6) is 0 Å². The van der Waals surface area contributed by atoms with E-state index in [-0.39, 0.29) is 24.4 Å². The van der Waals surface area contributed by atoms with E-state index in [1.54, 1.807) is 4.90 Å². The zero-order chi connectivity index (χ0) is 13.8. The predicted octanol–water partition coefficient (Wildman–Crippen LogP) is 0.455. The zero-order valence-corrected chi connectivity index (χ0v) is 12.0. The molecule has 0 spiro atoms. The first kappa shape index (κ1) is 14.3. The Morgan fingerprint density at radius 3 is 2.58 bits per heavy atom. The van der Waals surface area contributed by atoms with Crippen LogP contribution >= 0.6 is 0 Å². The Bertz CT molecular complexity index is 338. The second-order valence-corrected chi connectivity index (χ2v) is 5.76. The largest absolute Gasteiger partial charge is 0.345 e. The summed E-state index contributed by atoms with van der Waals surface area (Å²) in [6.45, 7) is 5.17. The van der Waals surface area contributed by atoms with Crippen LogP contribution < -0.4 is 5.32 Å². The Kier molecular flexibility index (Phi) is 4.80. The molecule has 0 bridgehead atoms. The van der Waals surface area contributed by atoms with E-state index in [0.29, 0.717) is 12.3 Å². The van der Waals surface area contributed by atoms with Gasteiger partial charge in [0.05, 0.1) is 6.54 Å². The van der Waals surface area contributed by atoms with Crippen molar-refractivity contribution in [3.63, 3.8) is 0 Å². The molecule has 0 aliphatic carbocycles. The van der Waals surface area contributed by atoms with Gasteiger partial charge < -0.3 is 15.1 Å². The van der Waals surface area contributed by atoms with Gasteiger partial charge in [0.2, 0.25) is 11.8 Å². The van der Waals surface area contributed by atoms with Crippen LogP contribution in [-0.2, 0) is 9.59 Å². The number of hydrogen-bond acceptors (Lipinski definition) is 3. The van der Waals surface area contributed by atoms with Crippen LogP contribution in [-0.4, -0.2) is 60.9 Å². The highest BCUT2D eigenvalue weighted by Crippen LogP contribution is 2.21. The van der Waals surface area contributed by atoms with Gasteiger partial charge in [-0.25, -0.2) is 0 Å². The normalized spacial score (nSPS) is 26.6. The molecule has 0 aromatic rings. The molecule has 19 heavy (non-hydrogen) atoms. The number of likely N-dealkylation sites (tertiary alicyclic amines) is 1. The zero-order valence-electron chi connectivity index (χ0n) is 12.0. The topological polar surface area (TPSA) is 52.7 Å². The third-order valence-electron chi connectivity index (χ3n) is 4.42. The molecule has 5 nitrogen and oxygen atoms in total. The van der Waals surface area contributed by atoms with Crippen LogP contribution in [0.3, 0.4) is 0 Å². The Balaban J connectivity index is 1.85. The van der Waals surface area contributed by atoms with Crippen molar-refractivity contribution in [3.05, 3.63) is 0 Å². The van der Waals surface area contributed by atoms with Gasteiger partial charge >= 0.3 is 0 Å². The van der Waals surface area contributed by atoms with Gasteiger partial charge in [0.15, 0.2) is 0 Å². The van der Waals surface area contributed by atoms with Crippen LogP contribution in [0.1, 0.15) is 32.6 Å². The molecule has 5 heteroatoms. The number of hydrogen-bond donors (Lipinski definition) is 1. The fraction of sp³-hybridized carbons (Fsp3) is 0.857. The van der Waals surface area contributed by atoms with Crippen LogP contribution in [0.25, 0.3) is 0 Å². The van der Waals surface area contributed by atoms with Crippen molar-refractivity contribution in [2.24, 2.45) is 5.92 Å². The van der Waals surface area contributed by atoms with Gasteiger partial charge in [-0.3, -0.25) is 9.59 Å². The van der Waals surface area contributed by atoms with Crippen LogP contribution in [0.4, 0.5) is 0 Å². The second kappa shape index (κ2) is 6.37. The highest BCUT2D eigenvalue weighted by molar-refractivity contribution is 5.94. The number of piperidine rings is 1. The molecule has 2 aliphatic rings. The van der Waals surface area contributed by atoms with E-state index in [9.17, 15) is 9.59 Å². The Hall–Kier alpha value is -1.10. The molecule has 2 fully saturated rings. The van der Waals surface area contributed by atoms with E-state index in [1.807, 2.05) is 6.92 Å². The number of amides is 2. The second-order valence-electron chi connectivity index (χ2n) is 5.76. The summed E-state index contributed by atoms with van der Waals surface area (Å²) in [7, 11) is 2.15. The number of piperazine rings is 1. The average Bonchev–Trinajstić information content (AvgIpc) is 2.41. The van der Waals surface area contributed by atoms with E-state index in [2.05, 4.69) is 17.3 Å². The first-order chi connectivity index (χ1) is 9.11. The quantitative estimate of drug-likeness (QED) is 0.805. The van der Waals surface area contributed by atoms with Crippen molar-refractivity contribution in [1.82, 2.24) is 15.1 Å². The smallest absolute Gasteiger partial charge is 0.243 e. The van der Waals surface area contributed by atoms with Gasteiger partial charge in [-0.2, -0.15) is 0 Å². The van der Waals surface area contributed by atoms with Crippen molar-refractivity contribution in [2.45, 2.75) is 38.6 Å². The lowest BCUT2D eigenvalue weighted by Crippen LogP contribution is -2.58. The maximum atomic E-state index is 11.9. The summed E-state index contributed by atoms with van der Waals surface area (Å²) >= 11 is 0. The Labute approximate surface area is 115 Å². The highest BCUT2D eigenvalue weighted by atomic mass is 16.2. The van der Waals surface area contributed by atoms with E-state index in [0.717, 1.165) is 26.1 Å². The van der Waals surface area contributed by atoms with Crippen molar-refractivity contribution >= 4 is 11.8 Å². The summed E-state index contributed by atoms with van der Waals surface area (Å²) in [5, 5.41) is 2.67. The lowest BCUT2D eigenvalue weighted by Gasteiger charge is -2.36. The lowest BCUT2D eigenvalue weighted by molar-refractivity contribution is -0.145. The van der Waals surface area contributed by atoms with Crippen LogP contribution in [0.15, 0.2) is 0 Å². The molecular weight excluding hydrogens is 242 g/mol. The minimum absolute atomic E-state index is 0.00507. The molecule has 0 radical (unpaired) electrons. The van der Waals surface area contributed by atoms with Crippen LogP contribution in [0, 0.1) is 5.92 Å². The van der Waals surface area contributed by atoms with Gasteiger partial charge in [-0.05, 0) is 51.7 Å². The average molecular weight is 267 g/mol. The van der Waals surface area contributed by atoms with Crippen molar-refractivity contribution < 1.29 is 9.59 Å². The molecule has 2 amide bonds. The summed E-state index contributed by atoms with van der Waals surface area (Å²) < 4.78 is 0. The predicted molar refractivity (Wildman–Crippen MR) is 73.6 cm³/mol. The van der Waals surface area contributed by atoms with Gasteiger partial charge in [0.25, 0.3) is 0 Å². The number of rotatable bonds is 4. The van der Waals surface area contributed by atoms with Gasteiger partial charge in [0.1, 0.15) is 6.04 Å². The van der Waals surface area contributed by atoms with Crippen molar-refractivity contribution in [3.8, 4) is 0 Å². The number of nitrogens with zero attached hydrogens (tertiary/aromatic N) is 2. The molecule has 0 aromatic carbocycles. The molecule has 108 valence electrons. The minimum Gasteiger partial charge on any atom is -0.345 e. The van der Waals surface area contributed by atoms with E-state index >= 15 is 0 Å². The number of carbonyl (C=O) groups excluding carboxylic acids is 2. The molecule has 2 rings (SSSR count). The standard InChI is InChI=1S/C14H25N3O2/c1-3-12-14(19)15-10-13(18)17(12)9-6-11-4-7-16(2)8-5-11/h11-12H,3-10H2,1-2H3,(H,15,19). The molecule has 1 unspecified atom stereocenters. The number of nitrogens with one attached hydrogen (secondary N) is 1. The molecule has 1 atom stereocenters. The number of carbonyl (C=O) groups is 2. The summed E-state index contributed by atoms with van der Waals surface area (Å²) in [5.41, 5.74) is 0. The minimum atomic E-state index is -0.257. The first-order valence-corrected chi connectivity index (χ1v) is 7.37. The molecule has 0 aromatic heterocycles. The highest BCUT2D eigenvalue weighted by Gasteiger charge is 2.33. The molecule has 2 saturated heterocycles. The van der Waals surface area contributed by atoms with Crippen molar-refractivity contribution in [2.75, 3.05) is 33.2 Å². The molecule has 0 saturated carbocycles. The van der Waals surface area contributed by atoms with Gasteiger partial charge in [0, 0.05) is 6.54 Å². The van der Waals surface area contributed by atoms with Gasteiger partial charge in [-0.1, -0.05) is 6.92 Å². The fourth-order valence-electron chi connectivity index (χ4n) is 3.06. The molecule has 1 N–H and O–H groups in total. The third-order valence-corrected chi connectivity index (χ3v) is 4.42. The maximum absolute atomic E-state index is 11.9. The van der Waals surface area contributed by atoms with E-state index in [4.69, 9.17) is 0 Å². The van der Waals surface area contributed by atoms with Gasteiger partial charge in [-0.15, -0.1) is 0 Å².